The summed E-state index contributed by atoms with van der Waals surface area (Å²) in [5.41, 5.74) is 2.31. The first kappa shape index (κ1) is 23.8. The van der Waals surface area contributed by atoms with E-state index < -0.39 is 10.0 Å². The number of rotatable bonds is 10. The van der Waals surface area contributed by atoms with Gasteiger partial charge in [-0.05, 0) is 58.1 Å². The fraction of sp³-hybridized carbons (Fsp3) is 0.500. The molecule has 2 aromatic carbocycles. The highest BCUT2D eigenvalue weighted by molar-refractivity contribution is 7.92. The predicted molar refractivity (Wildman–Crippen MR) is 128 cm³/mol. The van der Waals surface area contributed by atoms with E-state index in [0.717, 1.165) is 31.4 Å². The lowest BCUT2D eigenvalue weighted by molar-refractivity contribution is 0.0494. The second-order valence-electron chi connectivity index (χ2n) is 8.82. The molecule has 0 bridgehead atoms. The van der Waals surface area contributed by atoms with Crippen LogP contribution in [-0.4, -0.2) is 64.9 Å². The smallest absolute Gasteiger partial charge is 0.263 e. The standard InChI is InChI=1S/C24H33N3O5S/c1-27(2)13-6-5-12-25-21-7-3-4-8-23(21)33(29,30)26-20-10-9-18-17-11-14-31-22(17)16-32-24(18)19(20)15-28/h3-4,7-10,17,22,25-26,28H,5-6,11-16H2,1-2H3. The van der Waals surface area contributed by atoms with Crippen molar-refractivity contribution in [3.63, 3.8) is 0 Å². The molecule has 180 valence electrons. The SMILES string of the molecule is CN(C)CCCCNc1ccccc1S(=O)(=O)Nc1ccc2c(c1CO)OCC1OCCC21. The van der Waals surface area contributed by atoms with E-state index >= 15 is 0 Å². The van der Waals surface area contributed by atoms with Crippen LogP contribution in [0.4, 0.5) is 11.4 Å². The van der Waals surface area contributed by atoms with Crippen LogP contribution in [0.5, 0.6) is 5.75 Å². The molecule has 0 amide bonds. The molecule has 2 unspecified atom stereocenters. The highest BCUT2D eigenvalue weighted by Gasteiger charge is 2.37. The molecule has 0 radical (unpaired) electrons. The van der Waals surface area contributed by atoms with Crippen LogP contribution in [0.2, 0.25) is 0 Å². The molecule has 2 aliphatic rings. The quantitative estimate of drug-likeness (QED) is 0.454. The molecule has 2 heterocycles. The zero-order chi connectivity index (χ0) is 23.4. The van der Waals surface area contributed by atoms with Gasteiger partial charge in [0.25, 0.3) is 10.0 Å². The molecule has 3 N–H and O–H groups in total. The number of sulfonamides is 1. The zero-order valence-corrected chi connectivity index (χ0v) is 20.0. The topological polar surface area (TPSA) is 100 Å². The summed E-state index contributed by atoms with van der Waals surface area (Å²) in [7, 11) is 0.181. The number of unbranched alkanes of at least 4 members (excludes halogenated alkanes) is 1. The Morgan fingerprint density at radius 2 is 1.94 bits per heavy atom. The van der Waals surface area contributed by atoms with E-state index in [0.29, 0.717) is 42.4 Å². The van der Waals surface area contributed by atoms with Crippen molar-refractivity contribution >= 4 is 21.4 Å². The Morgan fingerprint density at radius 1 is 1.12 bits per heavy atom. The summed E-state index contributed by atoms with van der Waals surface area (Å²) in [6, 6.07) is 10.5. The average Bonchev–Trinajstić information content (AvgIpc) is 3.28. The van der Waals surface area contributed by atoms with Crippen molar-refractivity contribution in [2.75, 3.05) is 50.4 Å². The molecule has 2 aromatic rings. The molecule has 8 nitrogen and oxygen atoms in total. The lowest BCUT2D eigenvalue weighted by Crippen LogP contribution is -2.29. The largest absolute Gasteiger partial charge is 0.490 e. The molecule has 4 rings (SSSR count). The van der Waals surface area contributed by atoms with Gasteiger partial charge in [-0.1, -0.05) is 18.2 Å². The summed E-state index contributed by atoms with van der Waals surface area (Å²) in [5, 5.41) is 13.3. The number of nitrogens with one attached hydrogen (secondary N) is 2. The van der Waals surface area contributed by atoms with E-state index in [4.69, 9.17) is 9.47 Å². The number of ether oxygens (including phenoxy) is 2. The molecule has 33 heavy (non-hydrogen) atoms. The molecular weight excluding hydrogens is 442 g/mol. The molecular formula is C24H33N3O5S. The minimum Gasteiger partial charge on any atom is -0.490 e. The lowest BCUT2D eigenvalue weighted by atomic mass is 9.88. The number of fused-ring (bicyclic) bond motifs is 3. The minimum atomic E-state index is -3.89. The van der Waals surface area contributed by atoms with Crippen molar-refractivity contribution in [2.24, 2.45) is 0 Å². The molecule has 0 aromatic heterocycles. The summed E-state index contributed by atoms with van der Waals surface area (Å²) in [6.45, 7) is 2.42. The Morgan fingerprint density at radius 3 is 2.73 bits per heavy atom. The fourth-order valence-corrected chi connectivity index (χ4v) is 5.80. The maximum absolute atomic E-state index is 13.3. The maximum atomic E-state index is 13.3. The zero-order valence-electron chi connectivity index (χ0n) is 19.2. The van der Waals surface area contributed by atoms with Crippen LogP contribution < -0.4 is 14.8 Å². The number of aliphatic hydroxyl groups is 1. The number of nitrogens with zero attached hydrogens (tertiary/aromatic N) is 1. The van der Waals surface area contributed by atoms with E-state index in [1.54, 1.807) is 24.3 Å². The number of anilines is 2. The molecule has 0 aliphatic carbocycles. The van der Waals surface area contributed by atoms with Crippen molar-refractivity contribution in [1.82, 2.24) is 4.90 Å². The third kappa shape index (κ3) is 5.27. The van der Waals surface area contributed by atoms with Crippen LogP contribution in [0.1, 0.15) is 36.3 Å². The van der Waals surface area contributed by atoms with Crippen molar-refractivity contribution < 1.29 is 23.0 Å². The van der Waals surface area contributed by atoms with E-state index in [2.05, 4.69) is 14.9 Å². The summed E-state index contributed by atoms with van der Waals surface area (Å²) in [5.74, 6) is 0.777. The minimum absolute atomic E-state index is 0.0160. The summed E-state index contributed by atoms with van der Waals surface area (Å²) >= 11 is 0. The molecule has 1 saturated heterocycles. The van der Waals surface area contributed by atoms with E-state index in [-0.39, 0.29) is 23.5 Å². The third-order valence-corrected chi connectivity index (χ3v) is 7.64. The average molecular weight is 476 g/mol. The molecule has 0 saturated carbocycles. The molecule has 2 aliphatic heterocycles. The van der Waals surface area contributed by atoms with Gasteiger partial charge in [0.05, 0.1) is 24.1 Å². The number of aliphatic hydroxyl groups excluding tert-OH is 1. The summed E-state index contributed by atoms with van der Waals surface area (Å²) in [6.07, 6.45) is 2.87. The van der Waals surface area contributed by atoms with Gasteiger partial charge in [-0.15, -0.1) is 0 Å². The molecule has 1 fully saturated rings. The van der Waals surface area contributed by atoms with Gasteiger partial charge in [0.15, 0.2) is 0 Å². The second kappa shape index (κ2) is 10.3. The Bertz CT molecular complexity index is 1070. The van der Waals surface area contributed by atoms with Crippen molar-refractivity contribution in [2.45, 2.75) is 42.8 Å². The van der Waals surface area contributed by atoms with Gasteiger partial charge in [0.1, 0.15) is 17.3 Å². The van der Waals surface area contributed by atoms with Gasteiger partial charge >= 0.3 is 0 Å². The Balaban J connectivity index is 1.54. The van der Waals surface area contributed by atoms with E-state index in [1.165, 1.54) is 0 Å². The van der Waals surface area contributed by atoms with Gasteiger partial charge < -0.3 is 24.8 Å². The second-order valence-corrected chi connectivity index (χ2v) is 10.5. The number of hydrogen-bond acceptors (Lipinski definition) is 7. The van der Waals surface area contributed by atoms with E-state index in [1.807, 2.05) is 26.2 Å². The predicted octanol–water partition coefficient (Wildman–Crippen LogP) is 3.00. The van der Waals surface area contributed by atoms with Gasteiger partial charge in [0, 0.05) is 30.2 Å². The van der Waals surface area contributed by atoms with Crippen molar-refractivity contribution in [3.8, 4) is 5.75 Å². The first-order valence-electron chi connectivity index (χ1n) is 11.4. The molecule has 2 atom stereocenters. The van der Waals surface area contributed by atoms with Gasteiger partial charge in [-0.2, -0.15) is 0 Å². The van der Waals surface area contributed by atoms with E-state index in [9.17, 15) is 13.5 Å². The van der Waals surface area contributed by atoms with Crippen LogP contribution in [0.15, 0.2) is 41.3 Å². The number of para-hydroxylation sites is 1. The van der Waals surface area contributed by atoms with Crippen molar-refractivity contribution in [3.05, 3.63) is 47.5 Å². The summed E-state index contributed by atoms with van der Waals surface area (Å²) in [4.78, 5) is 2.30. The van der Waals surface area contributed by atoms with Gasteiger partial charge in [0.2, 0.25) is 0 Å². The van der Waals surface area contributed by atoms with Crippen LogP contribution in [0.3, 0.4) is 0 Å². The monoisotopic (exact) mass is 475 g/mol. The van der Waals surface area contributed by atoms with Crippen LogP contribution in [0.25, 0.3) is 0 Å². The van der Waals surface area contributed by atoms with Crippen LogP contribution >= 0.6 is 0 Å². The van der Waals surface area contributed by atoms with Gasteiger partial charge in [-0.3, -0.25) is 4.72 Å². The summed E-state index contributed by atoms with van der Waals surface area (Å²) < 4.78 is 40.9. The molecule has 0 spiro atoms. The van der Waals surface area contributed by atoms with Gasteiger partial charge in [-0.25, -0.2) is 8.42 Å². The normalized spacial score (nSPS) is 19.6. The third-order valence-electron chi connectivity index (χ3n) is 6.22. The Hall–Kier alpha value is -2.33. The Kier molecular flexibility index (Phi) is 7.43. The van der Waals surface area contributed by atoms with Crippen LogP contribution in [-0.2, 0) is 21.4 Å². The number of benzene rings is 2. The van der Waals surface area contributed by atoms with Crippen LogP contribution in [0, 0.1) is 0 Å². The Labute approximate surface area is 195 Å². The van der Waals surface area contributed by atoms with Crippen molar-refractivity contribution in [1.29, 1.82) is 0 Å². The number of hydrogen-bond donors (Lipinski definition) is 3. The first-order chi connectivity index (χ1) is 15.9. The lowest BCUT2D eigenvalue weighted by Gasteiger charge is -2.30. The maximum Gasteiger partial charge on any atom is 0.263 e. The highest BCUT2D eigenvalue weighted by Crippen LogP contribution is 2.44. The highest BCUT2D eigenvalue weighted by atomic mass is 32.2. The molecule has 9 heteroatoms. The first-order valence-corrected chi connectivity index (χ1v) is 12.9. The fourth-order valence-electron chi connectivity index (χ4n) is 4.52.